The van der Waals surface area contributed by atoms with E-state index in [1.807, 2.05) is 77.9 Å². The molecule has 434 valence electrons. The maximum Gasteiger partial charge on any atom is 0.246 e. The molecule has 2 aliphatic carbocycles. The molecule has 0 unspecified atom stereocenters. The van der Waals surface area contributed by atoms with E-state index in [9.17, 15) is 38.4 Å². The molecule has 6 N–H and O–H groups in total. The van der Waals surface area contributed by atoms with Gasteiger partial charge in [-0.15, -0.1) is 0 Å². The smallest absolute Gasteiger partial charge is 0.246 e. The summed E-state index contributed by atoms with van der Waals surface area (Å²) in [6.07, 6.45) is 4.99. The van der Waals surface area contributed by atoms with Gasteiger partial charge in [-0.05, 0) is 142 Å². The van der Waals surface area contributed by atoms with Crippen LogP contribution >= 0.6 is 0 Å². The molecule has 4 aliphatic rings. The summed E-state index contributed by atoms with van der Waals surface area (Å²) in [6, 6.07) is 12.4. The number of carbonyl (C=O) groups is 8. The molecule has 0 saturated carbocycles. The van der Waals surface area contributed by atoms with Gasteiger partial charge in [-0.3, -0.25) is 38.4 Å². The Bertz CT molecular complexity index is 2620. The molecular weight excluding hydrogens is 1020 g/mol. The Morgan fingerprint density at radius 3 is 1.30 bits per heavy atom. The zero-order valence-corrected chi connectivity index (χ0v) is 49.0. The molecule has 80 heavy (non-hydrogen) atoms. The Labute approximate surface area is 472 Å². The van der Waals surface area contributed by atoms with E-state index >= 15 is 0 Å². The molecule has 0 spiro atoms. The van der Waals surface area contributed by atoms with Crippen molar-refractivity contribution < 1.29 is 47.8 Å². The van der Waals surface area contributed by atoms with Crippen molar-refractivity contribution in [1.82, 2.24) is 41.7 Å². The molecule has 10 atom stereocenters. The minimum atomic E-state index is -0.986. The lowest BCUT2D eigenvalue weighted by molar-refractivity contribution is -0.144. The lowest BCUT2D eigenvalue weighted by atomic mass is 9.85. The van der Waals surface area contributed by atoms with Crippen molar-refractivity contribution in [3.8, 4) is 11.5 Å². The van der Waals surface area contributed by atoms with Gasteiger partial charge in [-0.1, -0.05) is 84.0 Å². The van der Waals surface area contributed by atoms with Crippen molar-refractivity contribution in [3.05, 3.63) is 94.0 Å². The number of Topliss-reactive ketones (excluding diaryl/α,β-unsaturated/α-hetero) is 2. The van der Waals surface area contributed by atoms with Crippen LogP contribution in [0.1, 0.15) is 162 Å². The van der Waals surface area contributed by atoms with E-state index in [2.05, 4.69) is 31.9 Å². The lowest BCUT2D eigenvalue weighted by Gasteiger charge is -2.36. The summed E-state index contributed by atoms with van der Waals surface area (Å²) in [4.78, 5) is 117. The van der Waals surface area contributed by atoms with Gasteiger partial charge in [0.05, 0.1) is 38.4 Å². The van der Waals surface area contributed by atoms with Crippen molar-refractivity contribution in [2.24, 2.45) is 22.7 Å². The topological polar surface area (TPSA) is 234 Å². The molecule has 2 aliphatic heterocycles. The molecule has 2 fully saturated rings. The van der Waals surface area contributed by atoms with Crippen LogP contribution in [-0.4, -0.2) is 134 Å². The van der Waals surface area contributed by atoms with Crippen LogP contribution in [0.5, 0.6) is 11.5 Å². The third-order valence-corrected chi connectivity index (χ3v) is 16.9. The summed E-state index contributed by atoms with van der Waals surface area (Å²) in [5, 5.41) is 18.2. The standard InChI is InChI=1S/C62H86N8O10/c1-35(63-9)55(73)67-53(61(3,4)5)59(77)69-33-37(28-47(69)57(75)65-45-24-14-22-43-41(45)20-16-26-51(43)79-11)30-49(71)39-18-13-19-40(32-39)50(72)31-38-29-48(58(76)66-46-25-15-23-44-42(46)21-17-27-52(44)80-12)70(34-38)60(78)54(62(6,7)8)68-56(74)36(2)64-10/h13,16-21,26-27,32,35-38,45-48,53-54,63-64H,14-15,22-25,28-31,33-34H2,1-12H3,(H,65,75)(H,66,76)(H,67,73)(H,68,74)/t35-,36-,37+,38+,45+,46+,47-,48-,53+,54+/m0/s1. The molecular formula is C62H86N8O10. The second kappa shape index (κ2) is 25.9. The van der Waals surface area contributed by atoms with Crippen LogP contribution in [0.15, 0.2) is 60.7 Å². The Balaban J connectivity index is 1.10. The van der Waals surface area contributed by atoms with Gasteiger partial charge in [0.2, 0.25) is 35.4 Å². The van der Waals surface area contributed by atoms with Crippen LogP contribution in [0.3, 0.4) is 0 Å². The van der Waals surface area contributed by atoms with E-state index in [0.29, 0.717) is 24.0 Å². The number of ether oxygens (including phenoxy) is 2. The van der Waals surface area contributed by atoms with E-state index < -0.39 is 70.7 Å². The first-order valence-electron chi connectivity index (χ1n) is 28.5. The predicted octanol–water partition coefficient (Wildman–Crippen LogP) is 5.95. The Morgan fingerprint density at radius 1 is 0.575 bits per heavy atom. The number of nitrogens with one attached hydrogen (secondary N) is 6. The summed E-state index contributed by atoms with van der Waals surface area (Å²) in [7, 11) is 6.57. The monoisotopic (exact) mass is 1100 g/mol. The SMILES string of the molecule is CN[C@@H](C)C(=O)N[C@H](C(=O)N1C[C@@H](CC(=O)c2cccc(C(=O)C[C@H]3C[C@@H](C(=O)N[C@@H]4CCCc5c(OC)cccc54)N(C(=O)[C@@H](NC(=O)[C@H](C)NC)C(C)(C)C)C3)c2)C[C@H]1C(=O)N[C@@H]1CCCc2c(OC)cccc21)C(C)(C)C. The number of carbonyl (C=O) groups excluding carboxylic acids is 8. The van der Waals surface area contributed by atoms with Gasteiger partial charge >= 0.3 is 0 Å². The predicted molar refractivity (Wildman–Crippen MR) is 305 cm³/mol. The van der Waals surface area contributed by atoms with Gasteiger partial charge in [0.25, 0.3) is 0 Å². The second-order valence-corrected chi connectivity index (χ2v) is 24.7. The summed E-state index contributed by atoms with van der Waals surface area (Å²) in [6.45, 7) is 14.7. The van der Waals surface area contributed by atoms with Crippen LogP contribution in [0, 0.1) is 22.7 Å². The minimum Gasteiger partial charge on any atom is -0.496 e. The number of likely N-dealkylation sites (tertiary alicyclic amines) is 2. The van der Waals surface area contributed by atoms with Crippen LogP contribution in [0.4, 0.5) is 0 Å². The number of rotatable bonds is 20. The highest BCUT2D eigenvalue weighted by molar-refractivity contribution is 6.02. The molecule has 18 nitrogen and oxygen atoms in total. The van der Waals surface area contributed by atoms with Gasteiger partial charge in [-0.25, -0.2) is 0 Å². The van der Waals surface area contributed by atoms with Crippen molar-refractivity contribution in [2.75, 3.05) is 41.4 Å². The van der Waals surface area contributed by atoms with Crippen LogP contribution < -0.4 is 41.4 Å². The first-order chi connectivity index (χ1) is 37.9. The average molecular weight is 1100 g/mol. The zero-order valence-electron chi connectivity index (χ0n) is 49.0. The van der Waals surface area contributed by atoms with Crippen LogP contribution in [-0.2, 0) is 41.6 Å². The molecule has 2 saturated heterocycles. The van der Waals surface area contributed by atoms with Gasteiger partial charge in [0.15, 0.2) is 11.6 Å². The van der Waals surface area contributed by atoms with Crippen molar-refractivity contribution in [1.29, 1.82) is 0 Å². The molecule has 0 bridgehead atoms. The Morgan fingerprint density at radius 2 is 0.950 bits per heavy atom. The van der Waals surface area contributed by atoms with Crippen molar-refractivity contribution in [2.45, 2.75) is 168 Å². The number of amides is 6. The van der Waals surface area contributed by atoms with E-state index in [0.717, 1.165) is 59.4 Å². The number of ketones is 2. The highest BCUT2D eigenvalue weighted by atomic mass is 16.5. The first-order valence-corrected chi connectivity index (χ1v) is 28.5. The van der Waals surface area contributed by atoms with Crippen molar-refractivity contribution >= 4 is 47.0 Å². The van der Waals surface area contributed by atoms with Gasteiger partial charge < -0.3 is 51.2 Å². The fourth-order valence-electron chi connectivity index (χ4n) is 12.0. The molecule has 18 heteroatoms. The van der Waals surface area contributed by atoms with Gasteiger partial charge in [-0.2, -0.15) is 0 Å². The number of fused-ring (bicyclic) bond motifs is 2. The number of nitrogens with zero attached hydrogens (tertiary/aromatic N) is 2. The van der Waals surface area contributed by atoms with E-state index in [1.54, 1.807) is 66.4 Å². The third-order valence-electron chi connectivity index (χ3n) is 16.9. The first kappa shape index (κ1) is 61.0. The van der Waals surface area contributed by atoms with Crippen LogP contribution in [0.2, 0.25) is 0 Å². The summed E-state index contributed by atoms with van der Waals surface area (Å²) < 4.78 is 11.3. The summed E-state index contributed by atoms with van der Waals surface area (Å²) in [5.41, 5.74) is 3.09. The summed E-state index contributed by atoms with van der Waals surface area (Å²) >= 11 is 0. The fraction of sp³-hybridized carbons (Fsp3) is 0.581. The lowest BCUT2D eigenvalue weighted by Crippen LogP contribution is -2.59. The molecule has 7 rings (SSSR count). The quantitative estimate of drug-likeness (QED) is 0.0721. The number of benzene rings is 3. The average Bonchev–Trinajstić information content (AvgIpc) is 4.09. The van der Waals surface area contributed by atoms with Crippen molar-refractivity contribution in [3.63, 3.8) is 0 Å². The van der Waals surface area contributed by atoms with Crippen LogP contribution in [0.25, 0.3) is 0 Å². The van der Waals surface area contributed by atoms with Gasteiger partial charge in [0.1, 0.15) is 35.7 Å². The second-order valence-electron chi connectivity index (χ2n) is 24.7. The number of hydrogen-bond donors (Lipinski definition) is 6. The van der Waals surface area contributed by atoms with Gasteiger partial charge in [0, 0.05) is 37.1 Å². The largest absolute Gasteiger partial charge is 0.496 e. The molecule has 0 aromatic heterocycles. The maximum atomic E-state index is 14.8. The van der Waals surface area contributed by atoms with E-state index in [1.165, 1.54) is 9.80 Å². The Hall–Kier alpha value is -6.66. The minimum absolute atomic E-state index is 0.0225. The number of methoxy groups -OCH3 is 2. The van der Waals surface area contributed by atoms with E-state index in [-0.39, 0.29) is 86.1 Å². The maximum absolute atomic E-state index is 14.8. The number of hydrogen-bond acceptors (Lipinski definition) is 12. The summed E-state index contributed by atoms with van der Waals surface area (Å²) in [5.74, 6) is -2.18. The zero-order chi connectivity index (χ0) is 58.4. The highest BCUT2D eigenvalue weighted by Gasteiger charge is 2.48. The van der Waals surface area contributed by atoms with E-state index in [4.69, 9.17) is 9.47 Å². The molecule has 3 aromatic rings. The molecule has 2 heterocycles. The highest BCUT2D eigenvalue weighted by Crippen LogP contribution is 2.39. The third kappa shape index (κ3) is 13.9. The molecule has 6 amide bonds. The Kier molecular flexibility index (Phi) is 19.7. The fourth-order valence-corrected chi connectivity index (χ4v) is 12.0. The molecule has 3 aromatic carbocycles. The normalized spacial score (nSPS) is 22.4. The molecule has 0 radical (unpaired) electrons. The number of likely N-dealkylation sites (N-methyl/N-ethyl adjacent to an activating group) is 2.